The zero-order valence-corrected chi connectivity index (χ0v) is 18.0. The lowest BCUT2D eigenvalue weighted by Crippen LogP contribution is -2.07. The van der Waals surface area contributed by atoms with E-state index >= 15 is 0 Å². The molecule has 0 atom stereocenters. The van der Waals surface area contributed by atoms with Crippen molar-refractivity contribution in [2.75, 3.05) is 0 Å². The molecule has 0 saturated carbocycles. The molecule has 0 unspecified atom stereocenters. The number of ether oxygens (including phenoxy) is 1. The van der Waals surface area contributed by atoms with Crippen molar-refractivity contribution in [2.45, 2.75) is 33.2 Å². The van der Waals surface area contributed by atoms with E-state index in [-0.39, 0.29) is 13.2 Å². The molecule has 1 N–H and O–H groups in total. The third kappa shape index (κ3) is 4.34. The molecular weight excluding hydrogens is 441 g/mol. The number of hydrogen-bond donors (Lipinski definition) is 1. The van der Waals surface area contributed by atoms with Gasteiger partial charge < -0.3 is 14.4 Å². The van der Waals surface area contributed by atoms with Crippen LogP contribution in [-0.2, 0) is 24.1 Å². The summed E-state index contributed by atoms with van der Waals surface area (Å²) in [4.78, 5) is 16.4. The van der Waals surface area contributed by atoms with Gasteiger partial charge in [0.05, 0.1) is 16.1 Å². The van der Waals surface area contributed by atoms with Gasteiger partial charge in [-0.2, -0.15) is 13.2 Å². The summed E-state index contributed by atoms with van der Waals surface area (Å²) in [5, 5.41) is 10.6. The summed E-state index contributed by atoms with van der Waals surface area (Å²) in [6, 6.07) is 10.4. The van der Waals surface area contributed by atoms with E-state index in [1.807, 2.05) is 32.0 Å². The molecule has 4 rings (SSSR count). The minimum atomic E-state index is -4.37. The Morgan fingerprint density at radius 1 is 1.12 bits per heavy atom. The van der Waals surface area contributed by atoms with Crippen molar-refractivity contribution in [3.63, 3.8) is 0 Å². The third-order valence-electron chi connectivity index (χ3n) is 5.19. The number of alkyl halides is 3. The lowest BCUT2D eigenvalue weighted by atomic mass is 10.1. The molecule has 0 amide bonds. The summed E-state index contributed by atoms with van der Waals surface area (Å²) in [7, 11) is 0. The predicted molar refractivity (Wildman–Crippen MR) is 116 cm³/mol. The number of aliphatic carboxylic acids is 1. The highest BCUT2D eigenvalue weighted by atomic mass is 32.1. The fraction of sp³-hybridized carbons (Fsp3) is 0.217. The van der Waals surface area contributed by atoms with Crippen LogP contribution in [0, 0.1) is 13.8 Å². The predicted octanol–water partition coefficient (Wildman–Crippen LogP) is 6.06. The molecule has 0 fully saturated rings. The van der Waals surface area contributed by atoms with Gasteiger partial charge in [0.1, 0.15) is 23.9 Å². The average molecular weight is 460 g/mol. The topological polar surface area (TPSA) is 64.4 Å². The Hall–Kier alpha value is -3.33. The lowest BCUT2D eigenvalue weighted by molar-refractivity contribution is -0.138. The number of carboxylic acids is 1. The summed E-state index contributed by atoms with van der Waals surface area (Å²) in [5.41, 5.74) is 2.40. The van der Waals surface area contributed by atoms with Crippen molar-refractivity contribution in [3.8, 4) is 16.3 Å². The lowest BCUT2D eigenvalue weighted by Gasteiger charge is -2.10. The van der Waals surface area contributed by atoms with Crippen LogP contribution in [0.25, 0.3) is 21.5 Å². The summed E-state index contributed by atoms with van der Waals surface area (Å²) in [6.45, 7) is 3.91. The SMILES string of the molecule is Cc1nc(-c2ccc(C(F)(F)F)cc2)sc1COc1ccc2c(ccn2CC(=O)O)c1C. The number of carboxylic acid groups (broad SMARTS) is 1. The van der Waals surface area contributed by atoms with Gasteiger partial charge in [0.25, 0.3) is 0 Å². The summed E-state index contributed by atoms with van der Waals surface area (Å²) < 4.78 is 46.0. The molecule has 2 heterocycles. The molecule has 166 valence electrons. The minimum Gasteiger partial charge on any atom is -0.488 e. The Morgan fingerprint density at radius 2 is 1.84 bits per heavy atom. The first kappa shape index (κ1) is 21.9. The minimum absolute atomic E-state index is 0.115. The molecule has 0 aliphatic rings. The van der Waals surface area contributed by atoms with E-state index in [1.165, 1.54) is 23.5 Å². The highest BCUT2D eigenvalue weighted by molar-refractivity contribution is 7.15. The largest absolute Gasteiger partial charge is 0.488 e. The first-order valence-electron chi connectivity index (χ1n) is 9.70. The Morgan fingerprint density at radius 3 is 2.50 bits per heavy atom. The molecule has 5 nitrogen and oxygen atoms in total. The average Bonchev–Trinajstić information content (AvgIpc) is 3.30. The molecule has 0 spiro atoms. The molecule has 0 aliphatic carbocycles. The summed E-state index contributed by atoms with van der Waals surface area (Å²) in [5.74, 6) is -0.237. The highest BCUT2D eigenvalue weighted by Crippen LogP contribution is 2.34. The standard InChI is InChI=1S/C23H19F3N2O3S/c1-13-17-9-10-28(11-21(29)30)18(17)7-8-19(13)31-12-20-14(2)27-22(32-20)15-3-5-16(6-4-15)23(24,25)26/h3-10H,11-12H2,1-2H3,(H,29,30). The second-order valence-corrected chi connectivity index (χ2v) is 8.43. The zero-order chi connectivity index (χ0) is 23.0. The Bertz CT molecular complexity index is 1290. The first-order chi connectivity index (χ1) is 15.1. The van der Waals surface area contributed by atoms with Crippen molar-refractivity contribution in [1.82, 2.24) is 9.55 Å². The highest BCUT2D eigenvalue weighted by Gasteiger charge is 2.30. The smallest absolute Gasteiger partial charge is 0.416 e. The van der Waals surface area contributed by atoms with E-state index < -0.39 is 17.7 Å². The molecule has 2 aromatic carbocycles. The van der Waals surface area contributed by atoms with Crippen LogP contribution in [-0.4, -0.2) is 20.6 Å². The van der Waals surface area contributed by atoms with Gasteiger partial charge in [-0.3, -0.25) is 4.79 Å². The van der Waals surface area contributed by atoms with Crippen LogP contribution in [0.5, 0.6) is 5.75 Å². The maximum atomic E-state index is 12.8. The van der Waals surface area contributed by atoms with Gasteiger partial charge >= 0.3 is 12.1 Å². The van der Waals surface area contributed by atoms with Gasteiger partial charge in [-0.15, -0.1) is 11.3 Å². The number of nitrogens with zero attached hydrogens (tertiary/aromatic N) is 2. The van der Waals surface area contributed by atoms with Crippen molar-refractivity contribution < 1.29 is 27.8 Å². The molecule has 2 aromatic heterocycles. The second kappa shape index (κ2) is 8.31. The number of thiazole rings is 1. The van der Waals surface area contributed by atoms with Crippen LogP contribution >= 0.6 is 11.3 Å². The number of aromatic nitrogens is 2. The second-order valence-electron chi connectivity index (χ2n) is 7.35. The summed E-state index contributed by atoms with van der Waals surface area (Å²) >= 11 is 1.38. The van der Waals surface area contributed by atoms with Crippen molar-refractivity contribution in [1.29, 1.82) is 0 Å². The van der Waals surface area contributed by atoms with Crippen LogP contribution in [0.2, 0.25) is 0 Å². The first-order valence-corrected chi connectivity index (χ1v) is 10.5. The number of carbonyl (C=O) groups is 1. The Kier molecular flexibility index (Phi) is 5.68. The van der Waals surface area contributed by atoms with Crippen LogP contribution in [0.1, 0.15) is 21.7 Å². The Labute approximate surface area is 185 Å². The zero-order valence-electron chi connectivity index (χ0n) is 17.2. The van der Waals surface area contributed by atoms with E-state index in [9.17, 15) is 18.0 Å². The normalized spacial score (nSPS) is 11.8. The van der Waals surface area contributed by atoms with E-state index in [1.54, 1.807) is 10.8 Å². The monoisotopic (exact) mass is 460 g/mol. The molecule has 4 aromatic rings. The number of rotatable bonds is 6. The van der Waals surface area contributed by atoms with Gasteiger partial charge in [-0.25, -0.2) is 4.98 Å². The fourth-order valence-corrected chi connectivity index (χ4v) is 4.45. The molecule has 0 radical (unpaired) electrons. The van der Waals surface area contributed by atoms with Crippen LogP contribution in [0.15, 0.2) is 48.7 Å². The number of hydrogen-bond acceptors (Lipinski definition) is 4. The van der Waals surface area contributed by atoms with E-state index in [0.717, 1.165) is 39.2 Å². The van der Waals surface area contributed by atoms with E-state index in [2.05, 4.69) is 4.98 Å². The Balaban J connectivity index is 1.52. The van der Waals surface area contributed by atoms with Crippen molar-refractivity contribution >= 4 is 28.2 Å². The van der Waals surface area contributed by atoms with Crippen LogP contribution < -0.4 is 4.74 Å². The van der Waals surface area contributed by atoms with Crippen LogP contribution in [0.3, 0.4) is 0 Å². The number of benzene rings is 2. The van der Waals surface area contributed by atoms with Crippen LogP contribution in [0.4, 0.5) is 13.2 Å². The number of halogens is 3. The van der Waals surface area contributed by atoms with Gasteiger partial charge in [-0.05, 0) is 44.2 Å². The van der Waals surface area contributed by atoms with E-state index in [0.29, 0.717) is 16.3 Å². The maximum Gasteiger partial charge on any atom is 0.416 e. The molecular formula is C23H19F3N2O3S. The van der Waals surface area contributed by atoms with Gasteiger partial charge in [0.2, 0.25) is 0 Å². The summed E-state index contributed by atoms with van der Waals surface area (Å²) in [6.07, 6.45) is -2.64. The number of fused-ring (bicyclic) bond motifs is 1. The maximum absolute atomic E-state index is 12.8. The fourth-order valence-electron chi connectivity index (χ4n) is 3.47. The number of aryl methyl sites for hydroxylation is 2. The molecule has 9 heteroatoms. The van der Waals surface area contributed by atoms with Gasteiger partial charge in [0.15, 0.2) is 0 Å². The third-order valence-corrected chi connectivity index (χ3v) is 6.37. The van der Waals surface area contributed by atoms with E-state index in [4.69, 9.17) is 9.84 Å². The van der Waals surface area contributed by atoms with Crippen molar-refractivity contribution in [2.24, 2.45) is 0 Å². The van der Waals surface area contributed by atoms with Gasteiger partial charge in [0, 0.05) is 28.2 Å². The molecule has 0 aliphatic heterocycles. The molecule has 0 saturated heterocycles. The van der Waals surface area contributed by atoms with Crippen molar-refractivity contribution in [3.05, 3.63) is 70.4 Å². The van der Waals surface area contributed by atoms with Gasteiger partial charge in [-0.1, -0.05) is 12.1 Å². The molecule has 32 heavy (non-hydrogen) atoms. The quantitative estimate of drug-likeness (QED) is 0.380. The molecule has 0 bridgehead atoms.